The Balaban J connectivity index is 1.40. The van der Waals surface area contributed by atoms with Gasteiger partial charge < -0.3 is 9.80 Å². The van der Waals surface area contributed by atoms with Crippen LogP contribution in [-0.2, 0) is 16.4 Å². The molecular formula is C30H32F2N6O3S. The van der Waals surface area contributed by atoms with Crippen LogP contribution < -0.4 is 0 Å². The summed E-state index contributed by atoms with van der Waals surface area (Å²) in [7, 11) is 2.52. The zero-order valence-corrected chi connectivity index (χ0v) is 24.5. The smallest absolute Gasteiger partial charge is 0.272 e. The first kappa shape index (κ1) is 29.6. The average molecular weight is 595 g/mol. The van der Waals surface area contributed by atoms with Crippen LogP contribution in [0, 0.1) is 11.6 Å². The first-order chi connectivity index (χ1) is 20.0. The summed E-state index contributed by atoms with van der Waals surface area (Å²) < 4.78 is 53.9. The van der Waals surface area contributed by atoms with Gasteiger partial charge in [0.1, 0.15) is 17.3 Å². The Morgan fingerprint density at radius 2 is 1.64 bits per heavy atom. The highest BCUT2D eigenvalue weighted by molar-refractivity contribution is 7.91. The van der Waals surface area contributed by atoms with E-state index < -0.39 is 21.5 Å². The molecule has 1 saturated heterocycles. The first-order valence-electron chi connectivity index (χ1n) is 13.5. The lowest BCUT2D eigenvalue weighted by molar-refractivity contribution is 0.0780. The van der Waals surface area contributed by atoms with Crippen molar-refractivity contribution >= 4 is 26.8 Å². The lowest BCUT2D eigenvalue weighted by Crippen LogP contribution is -2.40. The van der Waals surface area contributed by atoms with Gasteiger partial charge in [-0.15, -0.1) is 0 Å². The van der Waals surface area contributed by atoms with E-state index in [-0.39, 0.29) is 42.6 Å². The Kier molecular flexibility index (Phi) is 8.58. The maximum Gasteiger partial charge on any atom is 0.272 e. The number of carbonyl (C=O) groups excluding carboxylic acids is 1. The summed E-state index contributed by atoms with van der Waals surface area (Å²) in [6, 6.07) is 11.2. The molecule has 0 saturated carbocycles. The van der Waals surface area contributed by atoms with Crippen LogP contribution in [0.5, 0.6) is 0 Å². The van der Waals surface area contributed by atoms with Gasteiger partial charge in [0.05, 0.1) is 34.4 Å². The topological polar surface area (TPSA) is 99.6 Å². The van der Waals surface area contributed by atoms with Gasteiger partial charge in [-0.05, 0) is 50.0 Å². The summed E-state index contributed by atoms with van der Waals surface area (Å²) in [6.45, 7) is 1.77. The lowest BCUT2D eigenvalue weighted by Gasteiger charge is -2.26. The van der Waals surface area contributed by atoms with Gasteiger partial charge >= 0.3 is 0 Å². The number of amides is 1. The Morgan fingerprint density at radius 3 is 2.29 bits per heavy atom. The number of halogens is 2. The largest absolute Gasteiger partial charge is 0.339 e. The van der Waals surface area contributed by atoms with E-state index in [0.717, 1.165) is 6.54 Å². The number of likely N-dealkylation sites (N-methyl/N-ethyl adjacent to an activating group) is 2. The third-order valence-electron chi connectivity index (χ3n) is 7.35. The molecule has 42 heavy (non-hydrogen) atoms. The predicted octanol–water partition coefficient (Wildman–Crippen LogP) is 3.50. The summed E-state index contributed by atoms with van der Waals surface area (Å²) in [5, 5.41) is 0. The van der Waals surface area contributed by atoms with Gasteiger partial charge in [0.15, 0.2) is 9.84 Å². The van der Waals surface area contributed by atoms with Gasteiger partial charge in [-0.25, -0.2) is 22.2 Å². The molecule has 5 rings (SSSR count). The fourth-order valence-corrected chi connectivity index (χ4v) is 6.04. The normalized spacial score (nSPS) is 15.3. The second kappa shape index (κ2) is 12.2. The molecule has 1 fully saturated rings. The number of para-hydroxylation sites is 1. The number of fused-ring (bicyclic) bond motifs is 1. The van der Waals surface area contributed by atoms with Gasteiger partial charge in [-0.1, -0.05) is 12.1 Å². The van der Waals surface area contributed by atoms with E-state index >= 15 is 8.78 Å². The number of sulfone groups is 1. The van der Waals surface area contributed by atoms with Crippen molar-refractivity contribution in [1.29, 1.82) is 0 Å². The summed E-state index contributed by atoms with van der Waals surface area (Å²) in [5.41, 5.74) is 3.20. The maximum absolute atomic E-state index is 15.2. The third-order valence-corrected chi connectivity index (χ3v) is 8.96. The van der Waals surface area contributed by atoms with Crippen LogP contribution in [-0.4, -0.2) is 103 Å². The van der Waals surface area contributed by atoms with Crippen LogP contribution in [0.25, 0.3) is 33.4 Å². The van der Waals surface area contributed by atoms with Crippen molar-refractivity contribution in [2.24, 2.45) is 0 Å². The summed E-state index contributed by atoms with van der Waals surface area (Å²) in [5.74, 6) is -1.64. The van der Waals surface area contributed by atoms with Crippen molar-refractivity contribution in [2.75, 3.05) is 58.8 Å². The first-order valence-corrected chi connectivity index (χ1v) is 15.4. The van der Waals surface area contributed by atoms with Crippen molar-refractivity contribution in [1.82, 2.24) is 29.7 Å². The van der Waals surface area contributed by atoms with E-state index in [4.69, 9.17) is 4.98 Å². The number of carbonyl (C=O) groups is 1. The van der Waals surface area contributed by atoms with E-state index in [2.05, 4.69) is 9.97 Å². The Hall–Kier alpha value is -3.87. The van der Waals surface area contributed by atoms with Crippen LogP contribution in [0.3, 0.4) is 0 Å². The number of aromatic nitrogens is 3. The Bertz CT molecular complexity index is 1690. The van der Waals surface area contributed by atoms with E-state index in [1.165, 1.54) is 12.1 Å². The molecule has 0 bridgehead atoms. The van der Waals surface area contributed by atoms with E-state index in [9.17, 15) is 13.2 Å². The van der Waals surface area contributed by atoms with Crippen molar-refractivity contribution in [3.63, 3.8) is 0 Å². The van der Waals surface area contributed by atoms with Crippen LogP contribution in [0.4, 0.5) is 8.78 Å². The van der Waals surface area contributed by atoms with Crippen LogP contribution in [0.15, 0.2) is 54.9 Å². The van der Waals surface area contributed by atoms with E-state index in [1.54, 1.807) is 59.6 Å². The van der Waals surface area contributed by atoms with Crippen LogP contribution >= 0.6 is 0 Å². The lowest BCUT2D eigenvalue weighted by atomic mass is 10.0. The molecule has 0 unspecified atom stereocenters. The highest BCUT2D eigenvalue weighted by Gasteiger charge is 2.24. The highest BCUT2D eigenvalue weighted by atomic mass is 32.2. The molecule has 0 spiro atoms. The van der Waals surface area contributed by atoms with Crippen molar-refractivity contribution < 1.29 is 22.0 Å². The van der Waals surface area contributed by atoms with Crippen LogP contribution in [0.2, 0.25) is 0 Å². The fourth-order valence-electron chi connectivity index (χ4n) is 4.77. The molecule has 12 heteroatoms. The van der Waals surface area contributed by atoms with E-state index in [0.29, 0.717) is 45.7 Å². The third kappa shape index (κ3) is 6.61. The zero-order valence-electron chi connectivity index (χ0n) is 23.7. The molecule has 0 atom stereocenters. The number of nitrogens with zero attached hydrogens (tertiary/aromatic N) is 6. The summed E-state index contributed by atoms with van der Waals surface area (Å²) in [4.78, 5) is 31.7. The van der Waals surface area contributed by atoms with Gasteiger partial charge in [-0.3, -0.25) is 19.7 Å². The molecule has 3 heterocycles. The second-order valence-corrected chi connectivity index (χ2v) is 13.0. The fraction of sp³-hybridized carbons (Fsp3) is 0.333. The maximum atomic E-state index is 15.2. The van der Waals surface area contributed by atoms with Gasteiger partial charge in [-0.2, -0.15) is 0 Å². The minimum atomic E-state index is -3.09. The minimum absolute atomic E-state index is 0.0100. The number of benzene rings is 2. The number of pyridine rings is 1. The Morgan fingerprint density at radius 1 is 0.929 bits per heavy atom. The molecule has 1 aliphatic rings. The molecule has 0 aliphatic carbocycles. The molecule has 9 nitrogen and oxygen atoms in total. The molecular weight excluding hydrogens is 562 g/mol. The molecule has 0 N–H and O–H groups in total. The molecule has 1 aliphatic heterocycles. The summed E-state index contributed by atoms with van der Waals surface area (Å²) >= 11 is 0. The van der Waals surface area contributed by atoms with Crippen molar-refractivity contribution in [2.45, 2.75) is 6.54 Å². The molecule has 4 aromatic rings. The molecule has 2 aromatic carbocycles. The molecule has 0 radical (unpaired) electrons. The van der Waals surface area contributed by atoms with Gasteiger partial charge in [0.25, 0.3) is 5.91 Å². The predicted molar refractivity (Wildman–Crippen MR) is 158 cm³/mol. The SMILES string of the molecule is CN(C)CCN(C)C(=O)c1ccc(-c2cnc3cccc(-c4cc(F)c(CN5CCS(=O)(=O)CC5)c(F)c4)c3n2)cn1. The summed E-state index contributed by atoms with van der Waals surface area (Å²) in [6.07, 6.45) is 3.16. The second-order valence-electron chi connectivity index (χ2n) is 10.7. The molecule has 1 amide bonds. The van der Waals surface area contributed by atoms with E-state index in [1.807, 2.05) is 19.0 Å². The molecule has 2 aromatic heterocycles. The monoisotopic (exact) mass is 594 g/mol. The van der Waals surface area contributed by atoms with Crippen LogP contribution in [0.1, 0.15) is 16.1 Å². The van der Waals surface area contributed by atoms with Crippen molar-refractivity contribution in [3.05, 3.63) is 77.8 Å². The highest BCUT2D eigenvalue weighted by Crippen LogP contribution is 2.31. The van der Waals surface area contributed by atoms with Gasteiger partial charge in [0, 0.05) is 62.7 Å². The average Bonchev–Trinajstić information content (AvgIpc) is 2.97. The zero-order chi connectivity index (χ0) is 30.0. The minimum Gasteiger partial charge on any atom is -0.339 e. The van der Waals surface area contributed by atoms with Gasteiger partial charge in [0.2, 0.25) is 0 Å². The Labute approximate surface area is 243 Å². The molecule has 220 valence electrons. The standard InChI is InChI=1S/C30H32F2N6O3S/c1-36(2)9-10-37(3)30(39)27-8-7-20(17-33-27)28-18-34-26-6-4-5-22(29(26)35-28)21-15-24(31)23(25(32)16-21)19-38-11-13-42(40,41)14-12-38/h4-8,15-18H,9-14,19H2,1-3H3. The van der Waals surface area contributed by atoms with Crippen molar-refractivity contribution in [3.8, 4) is 22.4 Å². The number of hydrogen-bond donors (Lipinski definition) is 0. The quantitative estimate of drug-likeness (QED) is 0.306. The number of hydrogen-bond acceptors (Lipinski definition) is 8. The number of rotatable bonds is 8.